The number of nitrogens with zero attached hydrogens (tertiary/aromatic N) is 2. The van der Waals surface area contributed by atoms with Crippen molar-refractivity contribution in [2.45, 2.75) is 4.90 Å². The van der Waals surface area contributed by atoms with E-state index in [4.69, 9.17) is 9.47 Å². The van der Waals surface area contributed by atoms with Crippen molar-refractivity contribution in [2.75, 3.05) is 30.4 Å². The molecule has 8 nitrogen and oxygen atoms in total. The van der Waals surface area contributed by atoms with Crippen LogP contribution < -0.4 is 19.1 Å². The summed E-state index contributed by atoms with van der Waals surface area (Å²) in [5.41, 5.74) is 0.185. The first-order valence-corrected chi connectivity index (χ1v) is 10.8. The third-order valence-electron chi connectivity index (χ3n) is 3.95. The van der Waals surface area contributed by atoms with E-state index in [0.717, 1.165) is 4.31 Å². The summed E-state index contributed by atoms with van der Waals surface area (Å²) in [7, 11) is -1.17. The first-order chi connectivity index (χ1) is 14.0. The highest BCUT2D eigenvalue weighted by Gasteiger charge is 2.30. The summed E-state index contributed by atoms with van der Waals surface area (Å²) in [6.07, 6.45) is 1.55. The number of nitrogens with one attached hydrogen (secondary N) is 1. The topological polar surface area (TPSA) is 97.8 Å². The normalized spacial score (nSPS) is 11.0. The van der Waals surface area contributed by atoms with E-state index in [2.05, 4.69) is 10.3 Å². The Balaban J connectivity index is 2.05. The summed E-state index contributed by atoms with van der Waals surface area (Å²) in [5.74, 6) is 0.172. The Hall–Kier alpha value is -3.11. The van der Waals surface area contributed by atoms with Crippen molar-refractivity contribution in [3.8, 4) is 11.5 Å². The van der Waals surface area contributed by atoms with Gasteiger partial charge in [0.25, 0.3) is 10.0 Å². The zero-order valence-corrected chi connectivity index (χ0v) is 17.4. The highest BCUT2D eigenvalue weighted by atomic mass is 32.2. The Morgan fingerprint density at radius 2 is 1.90 bits per heavy atom. The van der Waals surface area contributed by atoms with Gasteiger partial charge in [-0.1, -0.05) is 18.2 Å². The minimum Gasteiger partial charge on any atom is -0.497 e. The van der Waals surface area contributed by atoms with Crippen LogP contribution in [-0.4, -0.2) is 40.1 Å². The lowest BCUT2D eigenvalue weighted by molar-refractivity contribution is -0.114. The smallest absolute Gasteiger partial charge is 0.264 e. The van der Waals surface area contributed by atoms with Gasteiger partial charge in [0.1, 0.15) is 18.0 Å². The minimum absolute atomic E-state index is 0.0481. The molecule has 0 aliphatic heterocycles. The fourth-order valence-corrected chi connectivity index (χ4v) is 4.57. The number of carbonyl (C=O) groups excluding carboxylic acids is 1. The van der Waals surface area contributed by atoms with Gasteiger partial charge in [-0.25, -0.2) is 13.4 Å². The monoisotopic (exact) mass is 433 g/mol. The van der Waals surface area contributed by atoms with Crippen LogP contribution in [0.3, 0.4) is 0 Å². The molecule has 0 saturated carbocycles. The van der Waals surface area contributed by atoms with Crippen LogP contribution in [0.2, 0.25) is 0 Å². The molecule has 0 atom stereocenters. The summed E-state index contributed by atoms with van der Waals surface area (Å²) >= 11 is 1.24. The van der Waals surface area contributed by atoms with Crippen LogP contribution >= 0.6 is 11.3 Å². The summed E-state index contributed by atoms with van der Waals surface area (Å²) in [4.78, 5) is 16.6. The molecule has 29 heavy (non-hydrogen) atoms. The van der Waals surface area contributed by atoms with Gasteiger partial charge in [-0.05, 0) is 24.3 Å². The molecule has 10 heteroatoms. The molecule has 0 bridgehead atoms. The van der Waals surface area contributed by atoms with Crippen LogP contribution in [0.15, 0.2) is 65.0 Å². The molecule has 0 aliphatic carbocycles. The number of ether oxygens (including phenoxy) is 2. The molecule has 1 aromatic heterocycles. The number of hydrogen-bond acceptors (Lipinski definition) is 7. The van der Waals surface area contributed by atoms with Crippen molar-refractivity contribution >= 4 is 38.1 Å². The van der Waals surface area contributed by atoms with Crippen molar-refractivity contribution in [1.82, 2.24) is 4.98 Å². The second kappa shape index (κ2) is 8.93. The number of hydrogen-bond donors (Lipinski definition) is 1. The fourth-order valence-electron chi connectivity index (χ4n) is 2.59. The number of benzene rings is 2. The molecule has 0 radical (unpaired) electrons. The third-order valence-corrected chi connectivity index (χ3v) is 6.41. The number of amides is 1. The molecule has 152 valence electrons. The molecule has 0 fully saturated rings. The molecule has 0 saturated heterocycles. The average molecular weight is 434 g/mol. The van der Waals surface area contributed by atoms with Gasteiger partial charge in [0.2, 0.25) is 5.91 Å². The summed E-state index contributed by atoms with van der Waals surface area (Å²) < 4.78 is 38.3. The second-order valence-electron chi connectivity index (χ2n) is 5.75. The van der Waals surface area contributed by atoms with Crippen LogP contribution in [0, 0.1) is 0 Å². The molecular formula is C19H19N3O5S2. The van der Waals surface area contributed by atoms with E-state index in [1.54, 1.807) is 41.9 Å². The first kappa shape index (κ1) is 20.6. The van der Waals surface area contributed by atoms with E-state index in [1.807, 2.05) is 0 Å². The van der Waals surface area contributed by atoms with Crippen molar-refractivity contribution in [3.63, 3.8) is 0 Å². The quantitative estimate of drug-likeness (QED) is 0.587. The van der Waals surface area contributed by atoms with Crippen LogP contribution in [-0.2, 0) is 14.8 Å². The maximum atomic E-state index is 13.4. The fraction of sp³-hybridized carbons (Fsp3) is 0.158. The van der Waals surface area contributed by atoms with Gasteiger partial charge in [0.15, 0.2) is 5.13 Å². The predicted molar refractivity (Wildman–Crippen MR) is 111 cm³/mol. The molecule has 1 amide bonds. The Morgan fingerprint density at radius 3 is 2.52 bits per heavy atom. The van der Waals surface area contributed by atoms with Crippen molar-refractivity contribution < 1.29 is 22.7 Å². The highest BCUT2D eigenvalue weighted by molar-refractivity contribution is 7.92. The lowest BCUT2D eigenvalue weighted by Crippen LogP contribution is -2.38. The van der Waals surface area contributed by atoms with Gasteiger partial charge in [-0.2, -0.15) is 0 Å². The van der Waals surface area contributed by atoms with E-state index in [1.165, 1.54) is 43.8 Å². The van der Waals surface area contributed by atoms with E-state index in [-0.39, 0.29) is 16.3 Å². The van der Waals surface area contributed by atoms with Gasteiger partial charge in [0.05, 0.1) is 24.8 Å². The van der Waals surface area contributed by atoms with E-state index >= 15 is 0 Å². The molecule has 3 aromatic rings. The van der Waals surface area contributed by atoms with Crippen LogP contribution in [0.5, 0.6) is 11.5 Å². The Bertz CT molecular complexity index is 1070. The summed E-state index contributed by atoms with van der Waals surface area (Å²) in [5, 5.41) is 4.69. The van der Waals surface area contributed by atoms with Crippen LogP contribution in [0.25, 0.3) is 0 Å². The minimum atomic E-state index is -4.07. The molecule has 2 aromatic carbocycles. The number of sulfonamides is 1. The van der Waals surface area contributed by atoms with Gasteiger partial charge < -0.3 is 14.8 Å². The highest BCUT2D eigenvalue weighted by Crippen LogP contribution is 2.35. The van der Waals surface area contributed by atoms with Crippen molar-refractivity contribution in [1.29, 1.82) is 0 Å². The number of anilines is 2. The van der Waals surface area contributed by atoms with Gasteiger partial charge in [-0.3, -0.25) is 9.10 Å². The number of carbonyl (C=O) groups is 1. The molecular weight excluding hydrogens is 414 g/mol. The number of methoxy groups -OCH3 is 2. The second-order valence-corrected chi connectivity index (χ2v) is 8.50. The number of thiazole rings is 1. The molecule has 0 aliphatic rings. The molecule has 0 spiro atoms. The first-order valence-electron chi connectivity index (χ1n) is 8.45. The average Bonchev–Trinajstić information content (AvgIpc) is 3.25. The van der Waals surface area contributed by atoms with Gasteiger partial charge in [0, 0.05) is 17.6 Å². The van der Waals surface area contributed by atoms with Crippen molar-refractivity contribution in [3.05, 3.63) is 60.1 Å². The Kier molecular flexibility index (Phi) is 6.35. The van der Waals surface area contributed by atoms with E-state index < -0.39 is 22.5 Å². The maximum Gasteiger partial charge on any atom is 0.264 e. The van der Waals surface area contributed by atoms with Gasteiger partial charge >= 0.3 is 0 Å². The number of rotatable bonds is 8. The van der Waals surface area contributed by atoms with E-state index in [9.17, 15) is 13.2 Å². The van der Waals surface area contributed by atoms with Crippen LogP contribution in [0.1, 0.15) is 0 Å². The van der Waals surface area contributed by atoms with Crippen molar-refractivity contribution in [2.24, 2.45) is 0 Å². The van der Waals surface area contributed by atoms with Crippen LogP contribution in [0.4, 0.5) is 10.8 Å². The lowest BCUT2D eigenvalue weighted by atomic mass is 10.2. The zero-order chi connectivity index (χ0) is 20.9. The molecule has 0 unspecified atom stereocenters. The Labute approximate surface area is 172 Å². The number of aromatic nitrogens is 1. The Morgan fingerprint density at radius 1 is 1.14 bits per heavy atom. The molecule has 3 rings (SSSR count). The summed E-state index contributed by atoms with van der Waals surface area (Å²) in [6.45, 7) is -0.472. The van der Waals surface area contributed by atoms with Gasteiger partial charge in [-0.15, -0.1) is 11.3 Å². The van der Waals surface area contributed by atoms with E-state index in [0.29, 0.717) is 10.9 Å². The standard InChI is InChI=1S/C19H19N3O5S2/c1-26-14-8-9-17(27-2)16(12-14)22(13-18(23)21-19-20-10-11-28-19)29(24,25)15-6-4-3-5-7-15/h3-12H,13H2,1-2H3,(H,20,21,23). The lowest BCUT2D eigenvalue weighted by Gasteiger charge is -2.25. The summed E-state index contributed by atoms with van der Waals surface area (Å²) in [6, 6.07) is 12.6. The zero-order valence-electron chi connectivity index (χ0n) is 15.7. The third kappa shape index (κ3) is 4.66. The predicted octanol–water partition coefficient (Wildman–Crippen LogP) is 2.99. The molecule has 1 N–H and O–H groups in total. The SMILES string of the molecule is COc1ccc(OC)c(N(CC(=O)Nc2nccs2)S(=O)(=O)c2ccccc2)c1. The largest absolute Gasteiger partial charge is 0.497 e. The molecule has 1 heterocycles. The maximum absolute atomic E-state index is 13.4.